The zero-order valence-corrected chi connectivity index (χ0v) is 24.1. The zero-order chi connectivity index (χ0) is 28.6. The highest BCUT2D eigenvalue weighted by molar-refractivity contribution is 5.96. The normalized spacial score (nSPS) is 22.6. The summed E-state index contributed by atoms with van der Waals surface area (Å²) < 4.78 is 19.8. The number of nitrogens with zero attached hydrogens (tertiary/aromatic N) is 5. The van der Waals surface area contributed by atoms with Gasteiger partial charge in [0.15, 0.2) is 0 Å². The number of ether oxygens (including phenoxy) is 1. The van der Waals surface area contributed by atoms with Crippen LogP contribution in [0.3, 0.4) is 0 Å². The largest absolute Gasteiger partial charge is 0.381 e. The Morgan fingerprint density at radius 2 is 1.78 bits per heavy atom. The second-order valence-corrected chi connectivity index (χ2v) is 12.3. The van der Waals surface area contributed by atoms with E-state index in [1.165, 1.54) is 18.0 Å². The SMILES string of the molecule is Cc1ncnc(C)c1C(=O)N1CC2=CN(CCC3(c4cccc(F)c4)CCN(C(=O)C4CCOCC4)CC3)CC2C1. The van der Waals surface area contributed by atoms with Crippen molar-refractivity contribution in [1.29, 1.82) is 0 Å². The highest BCUT2D eigenvalue weighted by atomic mass is 19.1. The summed E-state index contributed by atoms with van der Waals surface area (Å²) in [4.78, 5) is 41.3. The molecule has 6 rings (SSSR count). The van der Waals surface area contributed by atoms with Crippen molar-refractivity contribution in [1.82, 2.24) is 24.7 Å². The Morgan fingerprint density at radius 1 is 1.05 bits per heavy atom. The molecule has 0 aliphatic carbocycles. The number of rotatable bonds is 6. The number of likely N-dealkylation sites (tertiary alicyclic amines) is 2. The third-order valence-corrected chi connectivity index (χ3v) is 9.79. The van der Waals surface area contributed by atoms with Crippen molar-refractivity contribution < 1.29 is 18.7 Å². The first-order valence-electron chi connectivity index (χ1n) is 15.0. The van der Waals surface area contributed by atoms with Crippen LogP contribution in [0.4, 0.5) is 4.39 Å². The molecule has 4 aliphatic heterocycles. The van der Waals surface area contributed by atoms with Crippen LogP contribution >= 0.6 is 0 Å². The van der Waals surface area contributed by atoms with Crippen molar-refractivity contribution in [3.8, 4) is 0 Å². The molecule has 1 unspecified atom stereocenters. The third-order valence-electron chi connectivity index (χ3n) is 9.79. The van der Waals surface area contributed by atoms with Crippen molar-refractivity contribution in [2.45, 2.75) is 51.4 Å². The zero-order valence-electron chi connectivity index (χ0n) is 24.1. The van der Waals surface area contributed by atoms with Gasteiger partial charge in [0.05, 0.1) is 17.0 Å². The topological polar surface area (TPSA) is 78.9 Å². The van der Waals surface area contributed by atoms with E-state index in [2.05, 4.69) is 27.1 Å². The number of aryl methyl sites for hydroxylation is 2. The summed E-state index contributed by atoms with van der Waals surface area (Å²) in [6, 6.07) is 7.05. The lowest BCUT2D eigenvalue weighted by molar-refractivity contribution is -0.140. The van der Waals surface area contributed by atoms with E-state index in [1.54, 1.807) is 12.1 Å². The van der Waals surface area contributed by atoms with Crippen LogP contribution in [-0.2, 0) is 14.9 Å². The van der Waals surface area contributed by atoms with Crippen LogP contribution < -0.4 is 0 Å². The summed E-state index contributed by atoms with van der Waals surface area (Å²) in [6.45, 7) is 9.54. The van der Waals surface area contributed by atoms with E-state index < -0.39 is 0 Å². The molecule has 218 valence electrons. The molecule has 8 nitrogen and oxygen atoms in total. The second-order valence-electron chi connectivity index (χ2n) is 12.3. The van der Waals surface area contributed by atoms with Crippen molar-refractivity contribution in [3.05, 3.63) is 70.7 Å². The maximum Gasteiger partial charge on any atom is 0.257 e. The van der Waals surface area contributed by atoms with Gasteiger partial charge in [-0.3, -0.25) is 9.59 Å². The molecule has 1 atom stereocenters. The standard InChI is InChI=1S/C32H40FN5O3/c1-22-29(23(2)35-21-34-22)31(40)38-19-25-17-36(18-26(25)20-38)11-8-32(27-4-3-5-28(33)16-27)9-12-37(13-10-32)30(39)24-6-14-41-15-7-24/h3-5,16-17,21,24,26H,6-15,18-20H2,1-2H3. The number of carbonyl (C=O) groups excluding carboxylic acids is 2. The Labute approximate surface area is 241 Å². The van der Waals surface area contributed by atoms with Crippen LogP contribution in [0.25, 0.3) is 0 Å². The smallest absolute Gasteiger partial charge is 0.257 e. The Balaban J connectivity index is 1.11. The molecule has 9 heteroatoms. The Bertz CT molecular complexity index is 1310. The Morgan fingerprint density at radius 3 is 2.46 bits per heavy atom. The fourth-order valence-electron chi connectivity index (χ4n) is 7.28. The maximum absolute atomic E-state index is 14.4. The fourth-order valence-corrected chi connectivity index (χ4v) is 7.28. The van der Waals surface area contributed by atoms with E-state index >= 15 is 0 Å². The number of benzene rings is 1. The molecule has 1 aromatic heterocycles. The first kappa shape index (κ1) is 27.8. The number of amides is 2. The van der Waals surface area contributed by atoms with Gasteiger partial charge in [-0.1, -0.05) is 12.1 Å². The van der Waals surface area contributed by atoms with Crippen molar-refractivity contribution in [2.75, 3.05) is 52.5 Å². The molecule has 2 amide bonds. The number of aromatic nitrogens is 2. The van der Waals surface area contributed by atoms with Gasteiger partial charge >= 0.3 is 0 Å². The third kappa shape index (κ3) is 5.61. The number of hydrogen-bond acceptors (Lipinski definition) is 6. The lowest BCUT2D eigenvalue weighted by Crippen LogP contribution is -2.48. The molecule has 0 spiro atoms. The van der Waals surface area contributed by atoms with Gasteiger partial charge in [-0.05, 0) is 69.2 Å². The summed E-state index contributed by atoms with van der Waals surface area (Å²) in [5, 5.41) is 0. The van der Waals surface area contributed by atoms with Crippen LogP contribution in [0.5, 0.6) is 0 Å². The summed E-state index contributed by atoms with van der Waals surface area (Å²) in [5.74, 6) is 0.446. The molecule has 0 bridgehead atoms. The Kier molecular flexibility index (Phi) is 7.81. The molecule has 0 radical (unpaired) electrons. The molecular weight excluding hydrogens is 521 g/mol. The van der Waals surface area contributed by atoms with Crippen LogP contribution in [0.15, 0.2) is 42.4 Å². The van der Waals surface area contributed by atoms with Gasteiger partial charge in [0.25, 0.3) is 5.91 Å². The number of fused-ring (bicyclic) bond motifs is 1. The predicted molar refractivity (Wildman–Crippen MR) is 153 cm³/mol. The average Bonchev–Trinajstić information content (AvgIpc) is 3.56. The minimum atomic E-state index is -0.209. The molecule has 3 saturated heterocycles. The van der Waals surface area contributed by atoms with Crippen LogP contribution in [-0.4, -0.2) is 89.0 Å². The lowest BCUT2D eigenvalue weighted by atomic mass is 9.70. The molecule has 3 fully saturated rings. The van der Waals surface area contributed by atoms with Gasteiger partial charge in [0, 0.05) is 75.9 Å². The average molecular weight is 562 g/mol. The summed E-state index contributed by atoms with van der Waals surface area (Å²) in [6.07, 6.45) is 7.91. The van der Waals surface area contributed by atoms with Crippen LogP contribution in [0.2, 0.25) is 0 Å². The van der Waals surface area contributed by atoms with Crippen LogP contribution in [0, 0.1) is 31.5 Å². The molecule has 1 aromatic carbocycles. The van der Waals surface area contributed by atoms with E-state index in [0.29, 0.717) is 50.9 Å². The predicted octanol–water partition coefficient (Wildman–Crippen LogP) is 3.88. The number of halogens is 1. The van der Waals surface area contributed by atoms with Gasteiger partial charge in [-0.25, -0.2) is 14.4 Å². The highest BCUT2D eigenvalue weighted by Crippen LogP contribution is 2.41. The molecule has 2 aromatic rings. The summed E-state index contributed by atoms with van der Waals surface area (Å²) in [5.41, 5.74) is 4.22. The molecular formula is C32H40FN5O3. The number of piperidine rings is 1. The summed E-state index contributed by atoms with van der Waals surface area (Å²) in [7, 11) is 0. The highest BCUT2D eigenvalue weighted by Gasteiger charge is 2.41. The fraction of sp³-hybridized carbons (Fsp3) is 0.562. The summed E-state index contributed by atoms with van der Waals surface area (Å²) >= 11 is 0. The lowest BCUT2D eigenvalue weighted by Gasteiger charge is -2.44. The van der Waals surface area contributed by atoms with Gasteiger partial charge < -0.3 is 19.4 Å². The first-order valence-corrected chi connectivity index (χ1v) is 15.0. The molecule has 0 N–H and O–H groups in total. The molecule has 4 aliphatic rings. The van der Waals surface area contributed by atoms with Gasteiger partial charge in [0.1, 0.15) is 12.1 Å². The van der Waals surface area contributed by atoms with Gasteiger partial charge in [-0.2, -0.15) is 0 Å². The first-order chi connectivity index (χ1) is 19.8. The van der Waals surface area contributed by atoms with Gasteiger partial charge in [-0.15, -0.1) is 0 Å². The van der Waals surface area contributed by atoms with Gasteiger partial charge in [0.2, 0.25) is 5.91 Å². The number of carbonyl (C=O) groups is 2. The Hall–Kier alpha value is -3.33. The quantitative estimate of drug-likeness (QED) is 0.533. The molecule has 41 heavy (non-hydrogen) atoms. The van der Waals surface area contributed by atoms with E-state index in [1.807, 2.05) is 23.6 Å². The maximum atomic E-state index is 14.4. The van der Waals surface area contributed by atoms with Crippen LogP contribution in [0.1, 0.15) is 59.4 Å². The van der Waals surface area contributed by atoms with E-state index in [-0.39, 0.29) is 29.0 Å². The van der Waals surface area contributed by atoms with E-state index in [0.717, 1.165) is 62.1 Å². The van der Waals surface area contributed by atoms with E-state index in [9.17, 15) is 14.0 Å². The number of hydrogen-bond donors (Lipinski definition) is 0. The minimum absolute atomic E-state index is 0.00886. The van der Waals surface area contributed by atoms with Crippen molar-refractivity contribution in [3.63, 3.8) is 0 Å². The van der Waals surface area contributed by atoms with Crippen molar-refractivity contribution in [2.24, 2.45) is 11.8 Å². The van der Waals surface area contributed by atoms with Crippen molar-refractivity contribution >= 4 is 11.8 Å². The molecule has 0 saturated carbocycles. The monoisotopic (exact) mass is 561 g/mol. The van der Waals surface area contributed by atoms with E-state index in [4.69, 9.17) is 4.74 Å². The second kappa shape index (κ2) is 11.5. The minimum Gasteiger partial charge on any atom is -0.381 e. The molecule has 5 heterocycles.